The summed E-state index contributed by atoms with van der Waals surface area (Å²) in [5, 5.41) is 6.44. The van der Waals surface area contributed by atoms with Gasteiger partial charge >= 0.3 is 0 Å². The quantitative estimate of drug-likeness (QED) is 0.378. The predicted octanol–water partition coefficient (Wildman–Crippen LogP) is 3.75. The molecule has 2 N–H and O–H groups in total. The Balaban J connectivity index is 0.00000312. The number of guanidine groups is 1. The van der Waals surface area contributed by atoms with E-state index in [4.69, 9.17) is 4.74 Å². The Morgan fingerprint density at radius 2 is 1.92 bits per heavy atom. The molecule has 0 atom stereocenters. The summed E-state index contributed by atoms with van der Waals surface area (Å²) in [7, 11) is 1.72. The second-order valence-corrected chi connectivity index (χ2v) is 5.27. The van der Waals surface area contributed by atoms with Crippen LogP contribution in [-0.4, -0.2) is 26.2 Å². The van der Waals surface area contributed by atoms with Crippen molar-refractivity contribution >= 4 is 29.9 Å². The first-order valence-electron chi connectivity index (χ1n) is 8.12. The second kappa shape index (κ2) is 11.7. The van der Waals surface area contributed by atoms with E-state index in [2.05, 4.69) is 21.7 Å². The van der Waals surface area contributed by atoms with E-state index in [0.717, 1.165) is 29.8 Å². The first kappa shape index (κ1) is 21.2. The van der Waals surface area contributed by atoms with Gasteiger partial charge in [-0.1, -0.05) is 30.3 Å². The molecule has 0 unspecified atom stereocenters. The number of benzene rings is 2. The first-order valence-corrected chi connectivity index (χ1v) is 8.12. The smallest absolute Gasteiger partial charge is 0.191 e. The Hall–Kier alpha value is -1.83. The SMILES string of the molecule is CCOc1ccccc1CCNC(=NC)NCc1cccc(F)c1.I. The van der Waals surface area contributed by atoms with E-state index in [0.29, 0.717) is 19.1 Å². The van der Waals surface area contributed by atoms with E-state index < -0.39 is 0 Å². The highest BCUT2D eigenvalue weighted by molar-refractivity contribution is 14.0. The third-order valence-electron chi connectivity index (χ3n) is 3.53. The predicted molar refractivity (Wildman–Crippen MR) is 111 cm³/mol. The van der Waals surface area contributed by atoms with Crippen molar-refractivity contribution in [2.75, 3.05) is 20.2 Å². The zero-order valence-electron chi connectivity index (χ0n) is 14.6. The van der Waals surface area contributed by atoms with Crippen molar-refractivity contribution in [1.82, 2.24) is 10.6 Å². The zero-order valence-corrected chi connectivity index (χ0v) is 16.9. The summed E-state index contributed by atoms with van der Waals surface area (Å²) in [6, 6.07) is 14.6. The van der Waals surface area contributed by atoms with Crippen LogP contribution in [0.15, 0.2) is 53.5 Å². The summed E-state index contributed by atoms with van der Waals surface area (Å²) < 4.78 is 18.8. The van der Waals surface area contributed by atoms with E-state index in [9.17, 15) is 4.39 Å². The third kappa shape index (κ3) is 7.29. The molecule has 0 heterocycles. The molecule has 6 heteroatoms. The number of ether oxygens (including phenoxy) is 1. The van der Waals surface area contributed by atoms with Crippen molar-refractivity contribution in [3.8, 4) is 5.75 Å². The van der Waals surface area contributed by atoms with Gasteiger partial charge in [-0.25, -0.2) is 4.39 Å². The van der Waals surface area contributed by atoms with Gasteiger partial charge in [-0.2, -0.15) is 0 Å². The topological polar surface area (TPSA) is 45.6 Å². The van der Waals surface area contributed by atoms with Gasteiger partial charge in [0.2, 0.25) is 0 Å². The van der Waals surface area contributed by atoms with Crippen LogP contribution >= 0.6 is 24.0 Å². The minimum absolute atomic E-state index is 0. The zero-order chi connectivity index (χ0) is 17.2. The lowest BCUT2D eigenvalue weighted by Gasteiger charge is -2.13. The monoisotopic (exact) mass is 457 g/mol. The molecule has 0 saturated heterocycles. The molecule has 0 fully saturated rings. The number of nitrogens with zero attached hydrogens (tertiary/aromatic N) is 1. The summed E-state index contributed by atoms with van der Waals surface area (Å²) >= 11 is 0. The highest BCUT2D eigenvalue weighted by Crippen LogP contribution is 2.17. The van der Waals surface area contributed by atoms with E-state index in [1.165, 1.54) is 12.1 Å². The van der Waals surface area contributed by atoms with E-state index in [-0.39, 0.29) is 29.8 Å². The Labute approximate surface area is 165 Å². The lowest BCUT2D eigenvalue weighted by Crippen LogP contribution is -2.37. The van der Waals surface area contributed by atoms with Crippen molar-refractivity contribution in [1.29, 1.82) is 0 Å². The average molecular weight is 457 g/mol. The first-order chi connectivity index (χ1) is 11.7. The average Bonchev–Trinajstić information content (AvgIpc) is 2.59. The molecule has 0 aliphatic carbocycles. The Morgan fingerprint density at radius 3 is 2.64 bits per heavy atom. The molecule has 136 valence electrons. The van der Waals surface area contributed by atoms with E-state index in [1.54, 1.807) is 13.1 Å². The largest absolute Gasteiger partial charge is 0.494 e. The maximum Gasteiger partial charge on any atom is 0.191 e. The fraction of sp³-hybridized carbons (Fsp3) is 0.316. The van der Waals surface area contributed by atoms with Crippen molar-refractivity contribution in [3.63, 3.8) is 0 Å². The van der Waals surface area contributed by atoms with E-state index >= 15 is 0 Å². The molecule has 0 spiro atoms. The lowest BCUT2D eigenvalue weighted by molar-refractivity contribution is 0.336. The van der Waals surface area contributed by atoms with Crippen LogP contribution in [0.25, 0.3) is 0 Å². The summed E-state index contributed by atoms with van der Waals surface area (Å²) in [4.78, 5) is 4.18. The number of nitrogens with one attached hydrogen (secondary N) is 2. The highest BCUT2D eigenvalue weighted by atomic mass is 127. The van der Waals surface area contributed by atoms with Crippen molar-refractivity contribution in [3.05, 3.63) is 65.5 Å². The van der Waals surface area contributed by atoms with Gasteiger partial charge in [-0.05, 0) is 42.7 Å². The minimum Gasteiger partial charge on any atom is -0.494 e. The molecule has 25 heavy (non-hydrogen) atoms. The van der Waals surface area contributed by atoms with Crippen LogP contribution in [-0.2, 0) is 13.0 Å². The summed E-state index contributed by atoms with van der Waals surface area (Å²) in [6.07, 6.45) is 0.830. The molecule has 0 saturated carbocycles. The molecular weight excluding hydrogens is 432 g/mol. The molecule has 0 bridgehead atoms. The van der Waals surface area contributed by atoms with Gasteiger partial charge < -0.3 is 15.4 Å². The molecule has 0 radical (unpaired) electrons. The fourth-order valence-corrected chi connectivity index (χ4v) is 2.38. The standard InChI is InChI=1S/C19H24FN3O.HI/c1-3-24-18-10-5-4-8-16(18)11-12-22-19(21-2)23-14-15-7-6-9-17(20)13-15;/h4-10,13H,3,11-12,14H2,1-2H3,(H2,21,22,23);1H. The van der Waals surface area contributed by atoms with Crippen LogP contribution in [0.3, 0.4) is 0 Å². The van der Waals surface area contributed by atoms with Gasteiger partial charge in [0.05, 0.1) is 6.61 Å². The number of para-hydroxylation sites is 1. The highest BCUT2D eigenvalue weighted by Gasteiger charge is 2.03. The summed E-state index contributed by atoms with van der Waals surface area (Å²) in [5.74, 6) is 1.38. The molecular formula is C19H25FIN3O. The molecule has 2 aromatic carbocycles. The summed E-state index contributed by atoms with van der Waals surface area (Å²) in [6.45, 7) is 3.88. The van der Waals surface area contributed by atoms with E-state index in [1.807, 2.05) is 31.2 Å². The number of hydrogen-bond donors (Lipinski definition) is 2. The maximum atomic E-state index is 13.2. The van der Waals surface area contributed by atoms with Crippen molar-refractivity contribution in [2.45, 2.75) is 19.9 Å². The molecule has 0 aromatic heterocycles. The van der Waals surface area contributed by atoms with Crippen LogP contribution in [0.1, 0.15) is 18.1 Å². The maximum absolute atomic E-state index is 13.2. The second-order valence-electron chi connectivity index (χ2n) is 5.27. The molecule has 0 aliphatic rings. The normalized spacial score (nSPS) is 10.8. The Morgan fingerprint density at radius 1 is 1.12 bits per heavy atom. The van der Waals surface area contributed by atoms with Crippen LogP contribution < -0.4 is 15.4 Å². The number of hydrogen-bond acceptors (Lipinski definition) is 2. The Bertz CT molecular complexity index is 679. The fourth-order valence-electron chi connectivity index (χ4n) is 2.38. The molecule has 4 nitrogen and oxygen atoms in total. The van der Waals surface area contributed by atoms with Gasteiger partial charge in [0, 0.05) is 20.1 Å². The van der Waals surface area contributed by atoms with Crippen molar-refractivity contribution < 1.29 is 9.13 Å². The van der Waals surface area contributed by atoms with Gasteiger partial charge in [0.25, 0.3) is 0 Å². The van der Waals surface area contributed by atoms with Crippen LogP contribution in [0, 0.1) is 5.82 Å². The van der Waals surface area contributed by atoms with Gasteiger partial charge in [0.1, 0.15) is 11.6 Å². The van der Waals surface area contributed by atoms with Crippen LogP contribution in [0.4, 0.5) is 4.39 Å². The van der Waals surface area contributed by atoms with Crippen LogP contribution in [0.2, 0.25) is 0 Å². The molecule has 0 aliphatic heterocycles. The number of rotatable bonds is 7. The Kier molecular flexibility index (Phi) is 9.91. The summed E-state index contributed by atoms with van der Waals surface area (Å²) in [5.41, 5.74) is 2.03. The third-order valence-corrected chi connectivity index (χ3v) is 3.53. The lowest BCUT2D eigenvalue weighted by atomic mass is 10.1. The molecule has 2 aromatic rings. The molecule has 0 amide bonds. The van der Waals surface area contributed by atoms with Gasteiger partial charge in [-0.3, -0.25) is 4.99 Å². The van der Waals surface area contributed by atoms with Gasteiger partial charge in [0.15, 0.2) is 5.96 Å². The molecule has 2 rings (SSSR count). The minimum atomic E-state index is -0.232. The van der Waals surface area contributed by atoms with Crippen LogP contribution in [0.5, 0.6) is 5.75 Å². The number of aliphatic imine (C=N–C) groups is 1. The van der Waals surface area contributed by atoms with Crippen molar-refractivity contribution in [2.24, 2.45) is 4.99 Å². The van der Waals surface area contributed by atoms with Gasteiger partial charge in [-0.15, -0.1) is 24.0 Å². The number of halogens is 2.